The van der Waals surface area contributed by atoms with Crippen LogP contribution in [0.4, 0.5) is 11.4 Å². The molecule has 102 valence electrons. The molecule has 0 bridgehead atoms. The van der Waals surface area contributed by atoms with Crippen molar-refractivity contribution >= 4 is 11.4 Å². The highest BCUT2D eigenvalue weighted by Crippen LogP contribution is 2.41. The summed E-state index contributed by atoms with van der Waals surface area (Å²) in [6.07, 6.45) is 5.73. The van der Waals surface area contributed by atoms with Crippen LogP contribution >= 0.6 is 0 Å². The van der Waals surface area contributed by atoms with Crippen LogP contribution in [-0.4, -0.2) is 17.8 Å². The SMILES string of the molecule is O=[N+]([O-])c1cc2c(cc1NC1CCCCC1)OCO2. The molecule has 3 rings (SSSR count). The number of nitro benzene ring substituents is 1. The summed E-state index contributed by atoms with van der Waals surface area (Å²) < 4.78 is 10.5. The maximum Gasteiger partial charge on any atom is 0.296 e. The van der Waals surface area contributed by atoms with Crippen LogP contribution in [0, 0.1) is 10.1 Å². The summed E-state index contributed by atoms with van der Waals surface area (Å²) in [5.41, 5.74) is 0.580. The molecule has 1 aromatic carbocycles. The molecule has 19 heavy (non-hydrogen) atoms. The molecule has 1 heterocycles. The minimum absolute atomic E-state index is 0.0508. The Labute approximate surface area is 110 Å². The highest BCUT2D eigenvalue weighted by Gasteiger charge is 2.25. The van der Waals surface area contributed by atoms with Crippen LogP contribution in [0.3, 0.4) is 0 Å². The number of benzene rings is 1. The second-order valence-electron chi connectivity index (χ2n) is 4.96. The third-order valence-corrected chi connectivity index (χ3v) is 3.65. The highest BCUT2D eigenvalue weighted by atomic mass is 16.7. The zero-order valence-electron chi connectivity index (χ0n) is 10.6. The average molecular weight is 264 g/mol. The normalized spacial score (nSPS) is 18.3. The highest BCUT2D eigenvalue weighted by molar-refractivity contribution is 5.69. The third-order valence-electron chi connectivity index (χ3n) is 3.65. The number of nitro groups is 1. The van der Waals surface area contributed by atoms with Crippen molar-refractivity contribution in [1.29, 1.82) is 0 Å². The van der Waals surface area contributed by atoms with E-state index in [4.69, 9.17) is 9.47 Å². The standard InChI is InChI=1S/C13H16N2O4/c16-15(17)11-7-13-12(18-8-19-13)6-10(11)14-9-4-2-1-3-5-9/h6-7,9,14H,1-5,8H2. The van der Waals surface area contributed by atoms with Crippen molar-refractivity contribution in [3.63, 3.8) is 0 Å². The van der Waals surface area contributed by atoms with Crippen LogP contribution in [0.2, 0.25) is 0 Å². The fourth-order valence-electron chi connectivity index (χ4n) is 2.66. The predicted molar refractivity (Wildman–Crippen MR) is 69.7 cm³/mol. The van der Waals surface area contributed by atoms with Gasteiger partial charge >= 0.3 is 0 Å². The monoisotopic (exact) mass is 264 g/mol. The minimum atomic E-state index is -0.382. The molecule has 0 radical (unpaired) electrons. The molecule has 2 aliphatic rings. The Morgan fingerprint density at radius 1 is 1.16 bits per heavy atom. The number of rotatable bonds is 3. The molecule has 1 fully saturated rings. The van der Waals surface area contributed by atoms with Crippen molar-refractivity contribution in [2.45, 2.75) is 38.1 Å². The maximum atomic E-state index is 11.1. The summed E-state index contributed by atoms with van der Waals surface area (Å²) in [5, 5.41) is 14.4. The molecule has 1 N–H and O–H groups in total. The Hall–Kier alpha value is -1.98. The molecule has 1 aliphatic heterocycles. The predicted octanol–water partition coefficient (Wildman–Crippen LogP) is 3.07. The summed E-state index contributed by atoms with van der Waals surface area (Å²) in [4.78, 5) is 10.8. The molecule has 0 saturated heterocycles. The fraction of sp³-hybridized carbons (Fsp3) is 0.538. The molecule has 1 saturated carbocycles. The lowest BCUT2D eigenvalue weighted by Gasteiger charge is -2.23. The van der Waals surface area contributed by atoms with Crippen LogP contribution in [0.1, 0.15) is 32.1 Å². The average Bonchev–Trinajstić information content (AvgIpc) is 2.86. The zero-order chi connectivity index (χ0) is 13.2. The van der Waals surface area contributed by atoms with Gasteiger partial charge in [0.05, 0.1) is 11.0 Å². The quantitative estimate of drug-likeness (QED) is 0.670. The van der Waals surface area contributed by atoms with Crippen LogP contribution in [-0.2, 0) is 0 Å². The first kappa shape index (κ1) is 12.1. The van der Waals surface area contributed by atoms with E-state index in [-0.39, 0.29) is 17.4 Å². The van der Waals surface area contributed by atoms with E-state index in [2.05, 4.69) is 5.32 Å². The number of anilines is 1. The van der Waals surface area contributed by atoms with Gasteiger partial charge in [0.2, 0.25) is 6.79 Å². The summed E-state index contributed by atoms with van der Waals surface area (Å²) in [7, 11) is 0. The van der Waals surface area contributed by atoms with Crippen molar-refractivity contribution < 1.29 is 14.4 Å². The first-order valence-corrected chi connectivity index (χ1v) is 6.58. The van der Waals surface area contributed by atoms with E-state index in [9.17, 15) is 10.1 Å². The first-order valence-electron chi connectivity index (χ1n) is 6.58. The molecule has 1 aliphatic carbocycles. The Morgan fingerprint density at radius 3 is 2.53 bits per heavy atom. The summed E-state index contributed by atoms with van der Waals surface area (Å²) in [6.45, 7) is 0.124. The second-order valence-corrected chi connectivity index (χ2v) is 4.96. The van der Waals surface area contributed by atoms with E-state index >= 15 is 0 Å². The van der Waals surface area contributed by atoms with E-state index in [0.717, 1.165) is 12.8 Å². The van der Waals surface area contributed by atoms with E-state index < -0.39 is 0 Å². The van der Waals surface area contributed by atoms with Gasteiger partial charge in [0.25, 0.3) is 5.69 Å². The van der Waals surface area contributed by atoms with Crippen LogP contribution in [0.5, 0.6) is 11.5 Å². The second kappa shape index (κ2) is 4.95. The Bertz CT molecular complexity index is 498. The number of ether oxygens (including phenoxy) is 2. The molecule has 0 spiro atoms. The molecule has 6 heteroatoms. The molecule has 1 aromatic rings. The largest absolute Gasteiger partial charge is 0.454 e. The van der Waals surface area contributed by atoms with Gasteiger partial charge in [-0.05, 0) is 12.8 Å². The van der Waals surface area contributed by atoms with Gasteiger partial charge < -0.3 is 14.8 Å². The summed E-state index contributed by atoms with van der Waals surface area (Å²) in [6, 6.07) is 3.43. The van der Waals surface area contributed by atoms with E-state index in [1.807, 2.05) is 0 Å². The van der Waals surface area contributed by atoms with Gasteiger partial charge in [-0.1, -0.05) is 19.3 Å². The fourth-order valence-corrected chi connectivity index (χ4v) is 2.66. The lowest BCUT2D eigenvalue weighted by Crippen LogP contribution is -2.22. The molecule has 0 atom stereocenters. The number of nitrogens with zero attached hydrogens (tertiary/aromatic N) is 1. The summed E-state index contributed by atoms with van der Waals surface area (Å²) in [5.74, 6) is 1.02. The molecule has 0 unspecified atom stereocenters. The van der Waals surface area contributed by atoms with Crippen molar-refractivity contribution in [2.75, 3.05) is 12.1 Å². The van der Waals surface area contributed by atoms with Crippen LogP contribution in [0.25, 0.3) is 0 Å². The van der Waals surface area contributed by atoms with Gasteiger partial charge in [0.15, 0.2) is 11.5 Å². The topological polar surface area (TPSA) is 73.6 Å². The Kier molecular flexibility index (Phi) is 3.15. The van der Waals surface area contributed by atoms with Gasteiger partial charge in [-0.15, -0.1) is 0 Å². The van der Waals surface area contributed by atoms with Gasteiger partial charge in [-0.25, -0.2) is 0 Å². The van der Waals surface area contributed by atoms with Gasteiger partial charge in [-0.3, -0.25) is 10.1 Å². The summed E-state index contributed by atoms with van der Waals surface area (Å²) >= 11 is 0. The van der Waals surface area contributed by atoms with Gasteiger partial charge in [-0.2, -0.15) is 0 Å². The minimum Gasteiger partial charge on any atom is -0.454 e. The number of nitrogens with one attached hydrogen (secondary N) is 1. The zero-order valence-corrected chi connectivity index (χ0v) is 10.6. The van der Waals surface area contributed by atoms with Crippen molar-refractivity contribution in [2.24, 2.45) is 0 Å². The molecular weight excluding hydrogens is 248 g/mol. The van der Waals surface area contributed by atoms with Crippen molar-refractivity contribution in [1.82, 2.24) is 0 Å². The van der Waals surface area contributed by atoms with E-state index in [1.165, 1.54) is 25.3 Å². The molecule has 0 amide bonds. The number of hydrogen-bond donors (Lipinski definition) is 1. The third kappa shape index (κ3) is 2.43. The van der Waals surface area contributed by atoms with E-state index in [1.54, 1.807) is 6.07 Å². The molecule has 0 aromatic heterocycles. The Morgan fingerprint density at radius 2 is 1.84 bits per heavy atom. The van der Waals surface area contributed by atoms with Crippen molar-refractivity contribution in [3.8, 4) is 11.5 Å². The lowest BCUT2D eigenvalue weighted by molar-refractivity contribution is -0.384. The molecule has 6 nitrogen and oxygen atoms in total. The number of hydrogen-bond acceptors (Lipinski definition) is 5. The number of fused-ring (bicyclic) bond motifs is 1. The van der Waals surface area contributed by atoms with Gasteiger partial charge in [0.1, 0.15) is 5.69 Å². The lowest BCUT2D eigenvalue weighted by atomic mass is 9.95. The smallest absolute Gasteiger partial charge is 0.296 e. The van der Waals surface area contributed by atoms with E-state index in [0.29, 0.717) is 23.2 Å². The maximum absolute atomic E-state index is 11.1. The first-order chi connectivity index (χ1) is 9.24. The van der Waals surface area contributed by atoms with Gasteiger partial charge in [0, 0.05) is 12.1 Å². The molecular formula is C13H16N2O4. The Balaban J connectivity index is 1.87. The van der Waals surface area contributed by atoms with Crippen molar-refractivity contribution in [3.05, 3.63) is 22.2 Å². The van der Waals surface area contributed by atoms with Crippen LogP contribution < -0.4 is 14.8 Å². The van der Waals surface area contributed by atoms with Crippen LogP contribution in [0.15, 0.2) is 12.1 Å².